The van der Waals surface area contributed by atoms with Gasteiger partial charge in [0.05, 0.1) is 11.1 Å². The summed E-state index contributed by atoms with van der Waals surface area (Å²) in [5.41, 5.74) is 1.40. The van der Waals surface area contributed by atoms with E-state index in [-0.39, 0.29) is 12.1 Å². The largest absolute Gasteiger partial charge is 0.416 e. The van der Waals surface area contributed by atoms with Gasteiger partial charge in [-0.2, -0.15) is 13.2 Å². The molecule has 2 amide bonds. The van der Waals surface area contributed by atoms with Gasteiger partial charge in [0.2, 0.25) is 0 Å². The van der Waals surface area contributed by atoms with Crippen LogP contribution in [0.4, 0.5) is 29.3 Å². The van der Waals surface area contributed by atoms with Crippen molar-refractivity contribution in [3.8, 4) is 0 Å². The molecule has 0 unspecified atom stereocenters. The number of hydrogen-bond donors (Lipinski definition) is 3. The summed E-state index contributed by atoms with van der Waals surface area (Å²) in [5.74, 6) is 0. The molecule has 1 aliphatic carbocycles. The zero-order chi connectivity index (χ0) is 22.7. The van der Waals surface area contributed by atoms with Gasteiger partial charge in [-0.3, -0.25) is 4.98 Å². The molecular weight excluding hydrogens is 441 g/mol. The van der Waals surface area contributed by atoms with Crippen LogP contribution in [0, 0.1) is 0 Å². The molecule has 1 aliphatic rings. The number of nitrogens with zero attached hydrogens (tertiary/aromatic N) is 1. The number of urea groups is 1. The first kappa shape index (κ1) is 22.2. The van der Waals surface area contributed by atoms with E-state index in [4.69, 9.17) is 11.6 Å². The highest BCUT2D eigenvalue weighted by Crippen LogP contribution is 2.30. The fourth-order valence-corrected chi connectivity index (χ4v) is 4.11. The zero-order valence-corrected chi connectivity index (χ0v) is 17.8. The number of nitrogens with one attached hydrogen (secondary N) is 3. The maximum absolute atomic E-state index is 12.6. The molecule has 1 aromatic heterocycles. The van der Waals surface area contributed by atoms with Crippen LogP contribution in [0.3, 0.4) is 0 Å². The number of carbonyl (C=O) groups is 1. The summed E-state index contributed by atoms with van der Waals surface area (Å²) in [6.45, 7) is 0. The number of pyridine rings is 1. The highest BCUT2D eigenvalue weighted by molar-refractivity contribution is 6.31. The van der Waals surface area contributed by atoms with Crippen LogP contribution in [0.5, 0.6) is 0 Å². The van der Waals surface area contributed by atoms with Crippen molar-refractivity contribution < 1.29 is 18.0 Å². The molecule has 5 nitrogen and oxygen atoms in total. The van der Waals surface area contributed by atoms with Crippen LogP contribution in [0.25, 0.3) is 10.9 Å². The Balaban J connectivity index is 1.27. The molecule has 0 bridgehead atoms. The van der Waals surface area contributed by atoms with Gasteiger partial charge in [-0.05, 0) is 74.2 Å². The van der Waals surface area contributed by atoms with Crippen molar-refractivity contribution in [2.75, 3.05) is 10.6 Å². The van der Waals surface area contributed by atoms with Crippen LogP contribution < -0.4 is 16.0 Å². The lowest BCUT2D eigenvalue weighted by Crippen LogP contribution is -2.42. The van der Waals surface area contributed by atoms with Crippen molar-refractivity contribution in [3.63, 3.8) is 0 Å². The van der Waals surface area contributed by atoms with Gasteiger partial charge in [0.25, 0.3) is 0 Å². The number of aromatic nitrogens is 1. The summed E-state index contributed by atoms with van der Waals surface area (Å²) in [6.07, 6.45) is 0.702. The third kappa shape index (κ3) is 5.43. The second kappa shape index (κ2) is 9.24. The minimum Gasteiger partial charge on any atom is -0.382 e. The Labute approximate surface area is 188 Å². The number of amides is 2. The molecule has 9 heteroatoms. The molecule has 1 saturated carbocycles. The lowest BCUT2D eigenvalue weighted by atomic mass is 9.91. The average Bonchev–Trinajstić information content (AvgIpc) is 2.75. The Morgan fingerprint density at radius 3 is 2.34 bits per heavy atom. The first-order valence-corrected chi connectivity index (χ1v) is 10.7. The van der Waals surface area contributed by atoms with E-state index in [1.54, 1.807) is 6.20 Å². The Morgan fingerprint density at radius 1 is 0.969 bits per heavy atom. The number of halogens is 4. The van der Waals surface area contributed by atoms with E-state index in [1.807, 2.05) is 24.3 Å². The summed E-state index contributed by atoms with van der Waals surface area (Å²) in [5, 5.41) is 10.7. The predicted octanol–water partition coefficient (Wildman–Crippen LogP) is 6.45. The van der Waals surface area contributed by atoms with Gasteiger partial charge >= 0.3 is 12.2 Å². The zero-order valence-electron chi connectivity index (χ0n) is 17.0. The lowest BCUT2D eigenvalue weighted by molar-refractivity contribution is -0.137. The van der Waals surface area contributed by atoms with Crippen molar-refractivity contribution in [1.29, 1.82) is 0 Å². The van der Waals surface area contributed by atoms with Gasteiger partial charge in [0.1, 0.15) is 0 Å². The van der Waals surface area contributed by atoms with Crippen molar-refractivity contribution >= 4 is 39.9 Å². The van der Waals surface area contributed by atoms with E-state index < -0.39 is 17.8 Å². The number of carbonyl (C=O) groups excluding carboxylic acids is 1. The third-order valence-corrected chi connectivity index (χ3v) is 5.83. The molecule has 3 aromatic rings. The van der Waals surface area contributed by atoms with Crippen LogP contribution in [-0.4, -0.2) is 23.1 Å². The number of fused-ring (bicyclic) bond motifs is 1. The summed E-state index contributed by atoms with van der Waals surface area (Å²) in [7, 11) is 0. The summed E-state index contributed by atoms with van der Waals surface area (Å²) < 4.78 is 37.9. The smallest absolute Gasteiger partial charge is 0.382 e. The van der Waals surface area contributed by atoms with Gasteiger partial charge in [-0.25, -0.2) is 4.79 Å². The van der Waals surface area contributed by atoms with Gasteiger partial charge < -0.3 is 16.0 Å². The topological polar surface area (TPSA) is 66.1 Å². The number of benzene rings is 2. The fraction of sp³-hybridized carbons (Fsp3) is 0.304. The van der Waals surface area contributed by atoms with Crippen molar-refractivity contribution in [2.45, 2.75) is 43.9 Å². The van der Waals surface area contributed by atoms with E-state index in [1.165, 1.54) is 12.1 Å². The average molecular weight is 463 g/mol. The molecule has 1 fully saturated rings. The minimum absolute atomic E-state index is 0.00971. The van der Waals surface area contributed by atoms with Crippen LogP contribution in [-0.2, 0) is 6.18 Å². The first-order valence-electron chi connectivity index (χ1n) is 10.3. The van der Waals surface area contributed by atoms with E-state index in [2.05, 4.69) is 20.9 Å². The van der Waals surface area contributed by atoms with E-state index in [9.17, 15) is 18.0 Å². The molecular formula is C23H22ClF3N4O. The Hall–Kier alpha value is -3.00. The van der Waals surface area contributed by atoms with E-state index in [0.717, 1.165) is 54.4 Å². The first-order chi connectivity index (χ1) is 15.3. The molecule has 32 heavy (non-hydrogen) atoms. The Bertz CT molecular complexity index is 1100. The Kier molecular flexibility index (Phi) is 6.41. The molecule has 0 radical (unpaired) electrons. The van der Waals surface area contributed by atoms with Crippen molar-refractivity contribution in [2.24, 2.45) is 0 Å². The molecule has 2 aromatic carbocycles. The SMILES string of the molecule is O=C(Nc1ccc(C(F)(F)F)cc1)NC1CCC(Nc2ccnc3cc(Cl)ccc23)CC1. The summed E-state index contributed by atoms with van der Waals surface area (Å²) >= 11 is 6.05. The van der Waals surface area contributed by atoms with Crippen molar-refractivity contribution in [3.05, 3.63) is 65.3 Å². The fourth-order valence-electron chi connectivity index (χ4n) is 3.94. The van der Waals surface area contributed by atoms with E-state index >= 15 is 0 Å². The quantitative estimate of drug-likeness (QED) is 0.417. The van der Waals surface area contributed by atoms with Crippen LogP contribution in [0.1, 0.15) is 31.2 Å². The van der Waals surface area contributed by atoms with Crippen LogP contribution in [0.2, 0.25) is 5.02 Å². The second-order valence-corrected chi connectivity index (χ2v) is 8.32. The minimum atomic E-state index is -4.40. The monoisotopic (exact) mass is 462 g/mol. The van der Waals surface area contributed by atoms with Gasteiger partial charge in [0.15, 0.2) is 0 Å². The van der Waals surface area contributed by atoms with Crippen LogP contribution in [0.15, 0.2) is 54.7 Å². The normalized spacial score (nSPS) is 18.9. The third-order valence-electron chi connectivity index (χ3n) is 5.60. The van der Waals surface area contributed by atoms with Gasteiger partial charge in [0, 0.05) is 40.1 Å². The van der Waals surface area contributed by atoms with Gasteiger partial charge in [-0.15, -0.1) is 0 Å². The number of hydrogen-bond acceptors (Lipinski definition) is 3. The van der Waals surface area contributed by atoms with Crippen molar-refractivity contribution in [1.82, 2.24) is 10.3 Å². The van der Waals surface area contributed by atoms with Gasteiger partial charge in [-0.1, -0.05) is 11.6 Å². The number of rotatable bonds is 4. The molecule has 0 atom stereocenters. The number of anilines is 2. The number of alkyl halides is 3. The Morgan fingerprint density at radius 2 is 1.66 bits per heavy atom. The molecule has 0 saturated heterocycles. The second-order valence-electron chi connectivity index (χ2n) is 7.89. The van der Waals surface area contributed by atoms with E-state index in [0.29, 0.717) is 10.7 Å². The van der Waals surface area contributed by atoms with Crippen LogP contribution >= 0.6 is 11.6 Å². The molecule has 1 heterocycles. The standard InChI is InChI=1S/C23H22ClF3N4O/c24-15-3-10-19-20(11-12-28-21(19)13-15)29-16-6-8-18(9-7-16)31-22(32)30-17-4-1-14(2-5-17)23(25,26)27/h1-5,10-13,16,18H,6-9H2,(H,28,29)(H2,30,31,32). The molecule has 168 valence electrons. The predicted molar refractivity (Wildman–Crippen MR) is 120 cm³/mol. The highest BCUT2D eigenvalue weighted by Gasteiger charge is 2.30. The molecule has 0 aliphatic heterocycles. The maximum atomic E-state index is 12.6. The molecule has 3 N–H and O–H groups in total. The molecule has 0 spiro atoms. The lowest BCUT2D eigenvalue weighted by Gasteiger charge is -2.30. The molecule has 4 rings (SSSR count). The maximum Gasteiger partial charge on any atom is 0.416 e. The summed E-state index contributed by atoms with van der Waals surface area (Å²) in [6, 6.07) is 11.8. The highest BCUT2D eigenvalue weighted by atomic mass is 35.5. The summed E-state index contributed by atoms with van der Waals surface area (Å²) in [4.78, 5) is 16.6.